The molecule has 6 nitrogen and oxygen atoms in total. The fraction of sp³-hybridized carbons (Fsp3) is 0.278. The summed E-state index contributed by atoms with van der Waals surface area (Å²) in [7, 11) is -3.64. The van der Waals surface area contributed by atoms with Gasteiger partial charge in [0.05, 0.1) is 4.90 Å². The van der Waals surface area contributed by atoms with Crippen molar-refractivity contribution in [2.75, 3.05) is 18.4 Å². The molecule has 0 bridgehead atoms. The molecule has 138 valence electrons. The van der Waals surface area contributed by atoms with Gasteiger partial charge in [0.15, 0.2) is 0 Å². The number of hydrogen-bond donors (Lipinski definition) is 2. The van der Waals surface area contributed by atoms with E-state index in [9.17, 15) is 13.2 Å². The molecule has 26 heavy (non-hydrogen) atoms. The summed E-state index contributed by atoms with van der Waals surface area (Å²) in [6.07, 6.45) is 2.04. The molecular formula is C18H20ClN3O3S. The number of nitrogens with zero attached hydrogens (tertiary/aromatic N) is 1. The van der Waals surface area contributed by atoms with Gasteiger partial charge in [-0.15, -0.1) is 0 Å². The summed E-state index contributed by atoms with van der Waals surface area (Å²) < 4.78 is 27.3. The van der Waals surface area contributed by atoms with Crippen LogP contribution in [0.4, 0.5) is 10.5 Å². The molecule has 0 saturated carbocycles. The van der Waals surface area contributed by atoms with Crippen molar-refractivity contribution in [3.8, 4) is 0 Å². The minimum Gasteiger partial charge on any atom is -0.325 e. The molecule has 2 aromatic rings. The van der Waals surface area contributed by atoms with Gasteiger partial charge in [0, 0.05) is 30.3 Å². The summed E-state index contributed by atoms with van der Waals surface area (Å²) in [6.45, 7) is 1.69. The van der Waals surface area contributed by atoms with Crippen molar-refractivity contribution in [2.45, 2.75) is 24.3 Å². The van der Waals surface area contributed by atoms with Gasteiger partial charge in [-0.3, -0.25) is 0 Å². The number of carbonyl (C=O) groups is 1. The lowest BCUT2D eigenvalue weighted by Crippen LogP contribution is -2.32. The SMILES string of the molecule is O=C(Nc1ccc(S(=O)(=O)NCc2ccc(Cl)cc2)cc1)N1CCCC1. The quantitative estimate of drug-likeness (QED) is 0.816. The summed E-state index contributed by atoms with van der Waals surface area (Å²) in [5, 5.41) is 3.39. The Bertz CT molecular complexity index is 862. The van der Waals surface area contributed by atoms with Crippen LogP contribution >= 0.6 is 11.6 Å². The fourth-order valence-corrected chi connectivity index (χ4v) is 3.85. The Hall–Kier alpha value is -2.09. The smallest absolute Gasteiger partial charge is 0.321 e. The Labute approximate surface area is 158 Å². The number of hydrogen-bond acceptors (Lipinski definition) is 3. The molecule has 3 rings (SSSR count). The first-order valence-electron chi connectivity index (χ1n) is 8.34. The highest BCUT2D eigenvalue weighted by Gasteiger charge is 2.18. The van der Waals surface area contributed by atoms with Crippen LogP contribution in [0.3, 0.4) is 0 Å². The van der Waals surface area contributed by atoms with E-state index in [2.05, 4.69) is 10.0 Å². The monoisotopic (exact) mass is 393 g/mol. The minimum atomic E-state index is -3.64. The van der Waals surface area contributed by atoms with Crippen LogP contribution < -0.4 is 10.0 Å². The number of anilines is 1. The largest absolute Gasteiger partial charge is 0.325 e. The number of nitrogens with one attached hydrogen (secondary N) is 2. The van der Waals surface area contributed by atoms with Crippen LogP contribution in [0.15, 0.2) is 53.4 Å². The van der Waals surface area contributed by atoms with Crippen molar-refractivity contribution < 1.29 is 13.2 Å². The molecule has 2 aromatic carbocycles. The lowest BCUT2D eigenvalue weighted by molar-refractivity contribution is 0.222. The number of amides is 2. The van der Waals surface area contributed by atoms with Crippen LogP contribution in [0, 0.1) is 0 Å². The highest BCUT2D eigenvalue weighted by molar-refractivity contribution is 7.89. The van der Waals surface area contributed by atoms with Gasteiger partial charge in [0.25, 0.3) is 0 Å². The van der Waals surface area contributed by atoms with Crippen molar-refractivity contribution in [3.63, 3.8) is 0 Å². The predicted molar refractivity (Wildman–Crippen MR) is 102 cm³/mol. The molecule has 1 aliphatic heterocycles. The Morgan fingerprint density at radius 2 is 1.62 bits per heavy atom. The molecular weight excluding hydrogens is 374 g/mol. The maximum absolute atomic E-state index is 12.4. The van der Waals surface area contributed by atoms with Gasteiger partial charge in [-0.05, 0) is 54.8 Å². The van der Waals surface area contributed by atoms with E-state index in [1.807, 2.05) is 0 Å². The second-order valence-electron chi connectivity index (χ2n) is 6.10. The highest BCUT2D eigenvalue weighted by atomic mass is 35.5. The molecule has 1 aliphatic rings. The first-order valence-corrected chi connectivity index (χ1v) is 10.2. The predicted octanol–water partition coefficient (Wildman–Crippen LogP) is 3.45. The lowest BCUT2D eigenvalue weighted by atomic mass is 10.2. The molecule has 0 aliphatic carbocycles. The maximum Gasteiger partial charge on any atom is 0.321 e. The van der Waals surface area contributed by atoms with E-state index in [1.54, 1.807) is 41.3 Å². The average Bonchev–Trinajstić information content (AvgIpc) is 3.17. The third-order valence-corrected chi connectivity index (χ3v) is 5.86. The Balaban J connectivity index is 1.60. The maximum atomic E-state index is 12.4. The van der Waals surface area contributed by atoms with Crippen LogP contribution in [0.5, 0.6) is 0 Å². The second kappa shape index (κ2) is 8.07. The van der Waals surface area contributed by atoms with Gasteiger partial charge in [0.1, 0.15) is 0 Å². The van der Waals surface area contributed by atoms with Crippen molar-refractivity contribution in [1.82, 2.24) is 9.62 Å². The molecule has 0 unspecified atom stereocenters. The number of rotatable bonds is 5. The Kier molecular flexibility index (Phi) is 5.80. The number of halogens is 1. The summed E-state index contributed by atoms with van der Waals surface area (Å²) in [5.41, 5.74) is 1.38. The van der Waals surface area contributed by atoms with E-state index < -0.39 is 10.0 Å². The summed E-state index contributed by atoms with van der Waals surface area (Å²) in [6, 6.07) is 12.9. The first kappa shape index (κ1) is 18.7. The Morgan fingerprint density at radius 1 is 1.00 bits per heavy atom. The molecule has 0 spiro atoms. The van der Waals surface area contributed by atoms with E-state index in [0.29, 0.717) is 10.7 Å². The van der Waals surface area contributed by atoms with Gasteiger partial charge >= 0.3 is 6.03 Å². The number of likely N-dealkylation sites (tertiary alicyclic amines) is 1. The van der Waals surface area contributed by atoms with Crippen LogP contribution in [-0.4, -0.2) is 32.4 Å². The molecule has 0 radical (unpaired) electrons. The summed E-state index contributed by atoms with van der Waals surface area (Å²) in [4.78, 5) is 13.9. The molecule has 0 atom stereocenters. The van der Waals surface area contributed by atoms with E-state index in [4.69, 9.17) is 11.6 Å². The second-order valence-corrected chi connectivity index (χ2v) is 8.30. The standard InChI is InChI=1S/C18H20ClN3O3S/c19-15-5-3-14(4-6-15)13-20-26(24,25)17-9-7-16(8-10-17)21-18(23)22-11-1-2-12-22/h3-10,20H,1-2,11-13H2,(H,21,23). The van der Waals surface area contributed by atoms with Crippen LogP contribution in [-0.2, 0) is 16.6 Å². The van der Waals surface area contributed by atoms with Crippen molar-refractivity contribution in [2.24, 2.45) is 0 Å². The topological polar surface area (TPSA) is 78.5 Å². The third-order valence-electron chi connectivity index (χ3n) is 4.19. The molecule has 2 N–H and O–H groups in total. The molecule has 1 saturated heterocycles. The van der Waals surface area contributed by atoms with Gasteiger partial charge in [-0.2, -0.15) is 0 Å². The van der Waals surface area contributed by atoms with Gasteiger partial charge < -0.3 is 10.2 Å². The highest BCUT2D eigenvalue weighted by Crippen LogP contribution is 2.17. The van der Waals surface area contributed by atoms with E-state index in [-0.39, 0.29) is 17.5 Å². The molecule has 8 heteroatoms. The van der Waals surface area contributed by atoms with Crippen molar-refractivity contribution in [1.29, 1.82) is 0 Å². The summed E-state index contributed by atoms with van der Waals surface area (Å²) >= 11 is 5.82. The third kappa shape index (κ3) is 4.75. The Morgan fingerprint density at radius 3 is 2.23 bits per heavy atom. The lowest BCUT2D eigenvalue weighted by Gasteiger charge is -2.16. The summed E-state index contributed by atoms with van der Waals surface area (Å²) in [5.74, 6) is 0. The zero-order valence-corrected chi connectivity index (χ0v) is 15.7. The number of benzene rings is 2. The first-order chi connectivity index (χ1) is 12.4. The van der Waals surface area contributed by atoms with E-state index >= 15 is 0 Å². The van der Waals surface area contributed by atoms with Crippen LogP contribution in [0.2, 0.25) is 5.02 Å². The number of carbonyl (C=O) groups excluding carboxylic acids is 1. The molecule has 1 fully saturated rings. The number of sulfonamides is 1. The van der Waals surface area contributed by atoms with Gasteiger partial charge in [-0.25, -0.2) is 17.9 Å². The van der Waals surface area contributed by atoms with Gasteiger partial charge in [-0.1, -0.05) is 23.7 Å². The zero-order valence-electron chi connectivity index (χ0n) is 14.1. The van der Waals surface area contributed by atoms with Crippen LogP contribution in [0.1, 0.15) is 18.4 Å². The molecule has 1 heterocycles. The van der Waals surface area contributed by atoms with E-state index in [1.165, 1.54) is 12.1 Å². The van der Waals surface area contributed by atoms with Gasteiger partial charge in [0.2, 0.25) is 10.0 Å². The van der Waals surface area contributed by atoms with Crippen LogP contribution in [0.25, 0.3) is 0 Å². The van der Waals surface area contributed by atoms with Crippen molar-refractivity contribution in [3.05, 3.63) is 59.1 Å². The van der Waals surface area contributed by atoms with Crippen molar-refractivity contribution >= 4 is 33.3 Å². The molecule has 2 amide bonds. The zero-order chi connectivity index (χ0) is 18.6. The normalized spacial score (nSPS) is 14.4. The van der Waals surface area contributed by atoms with E-state index in [0.717, 1.165) is 31.5 Å². The fourth-order valence-electron chi connectivity index (χ4n) is 2.70. The average molecular weight is 394 g/mol. The number of urea groups is 1. The minimum absolute atomic E-state index is 0.144. The molecule has 0 aromatic heterocycles.